The van der Waals surface area contributed by atoms with Crippen LogP contribution in [0.15, 0.2) is 127 Å². The van der Waals surface area contributed by atoms with Crippen LogP contribution in [0.5, 0.6) is 5.75 Å². The van der Waals surface area contributed by atoms with Gasteiger partial charge in [-0.05, 0) is 90.3 Å². The number of aromatic hydroxyl groups is 1. The molecular weight excluding hydrogens is 733 g/mol. The van der Waals surface area contributed by atoms with E-state index in [1.165, 1.54) is 66.7 Å². The van der Waals surface area contributed by atoms with Gasteiger partial charge in [0.25, 0.3) is 20.2 Å². The molecule has 19 heteroatoms. The molecular formula is C34H26N6O11S2. The first kappa shape index (κ1) is 36.4. The largest absolute Gasteiger partial charge is 0.505 e. The highest BCUT2D eigenvalue weighted by atomic mass is 32.2. The number of aromatic carboxylic acids is 1. The number of anilines is 3. The van der Waals surface area contributed by atoms with Gasteiger partial charge >= 0.3 is 5.97 Å². The van der Waals surface area contributed by atoms with E-state index in [4.69, 9.17) is 16.1 Å². The van der Waals surface area contributed by atoms with Gasteiger partial charge < -0.3 is 21.3 Å². The number of phenolic OH excluding ortho intramolecular Hbond substituents is 1. The van der Waals surface area contributed by atoms with Crippen molar-refractivity contribution in [3.63, 3.8) is 0 Å². The van der Waals surface area contributed by atoms with Gasteiger partial charge in [-0.2, -0.15) is 21.9 Å². The van der Waals surface area contributed by atoms with E-state index in [1.54, 1.807) is 12.1 Å². The number of carboxylic acid groups (broad SMARTS) is 1. The second-order valence-electron chi connectivity index (χ2n) is 11.3. The molecule has 0 bridgehead atoms. The standard InChI is InChI=1S/C34H26N6O11S2/c35-28-10-7-23(13-20(28)17-51-44)37-38-29-11-12-30(27-16-24(52(45,46)47)8-9-25(27)29)39-40-32-31(53(48,49)50)14-19-3-6-22(15-26(19)33(32)41)36-21-4-1-18(2-5-21)34(42)43/h1-16,36,41,44H,17,35H2,(H,42,43)(H,45,46,47)(H,48,49,50). The molecule has 0 aliphatic heterocycles. The van der Waals surface area contributed by atoms with Gasteiger partial charge in [0.1, 0.15) is 17.2 Å². The molecule has 0 heterocycles. The van der Waals surface area contributed by atoms with Gasteiger partial charge in [-0.15, -0.1) is 15.3 Å². The maximum absolute atomic E-state index is 12.5. The average Bonchev–Trinajstić information content (AvgIpc) is 3.11. The average molecular weight is 759 g/mol. The number of fused-ring (bicyclic) bond motifs is 2. The number of azo groups is 2. The first-order valence-corrected chi connectivity index (χ1v) is 17.9. The summed E-state index contributed by atoms with van der Waals surface area (Å²) < 4.78 is 68.9. The zero-order valence-electron chi connectivity index (χ0n) is 26.8. The van der Waals surface area contributed by atoms with E-state index in [0.29, 0.717) is 28.3 Å². The summed E-state index contributed by atoms with van der Waals surface area (Å²) in [4.78, 5) is 14.1. The lowest BCUT2D eigenvalue weighted by Crippen LogP contribution is -1.99. The number of nitrogen functional groups attached to an aromatic ring is 1. The molecule has 6 aromatic rings. The molecule has 53 heavy (non-hydrogen) atoms. The van der Waals surface area contributed by atoms with Crippen LogP contribution in [-0.4, -0.2) is 47.4 Å². The van der Waals surface area contributed by atoms with Gasteiger partial charge in [-0.25, -0.2) is 9.68 Å². The van der Waals surface area contributed by atoms with Gasteiger partial charge in [-0.1, -0.05) is 12.1 Å². The number of carbonyl (C=O) groups is 1. The number of benzene rings is 6. The van der Waals surface area contributed by atoms with Gasteiger partial charge in [0.2, 0.25) is 0 Å². The molecule has 0 atom stereocenters. The second-order valence-corrected chi connectivity index (χ2v) is 14.1. The summed E-state index contributed by atoms with van der Waals surface area (Å²) in [6.45, 7) is -0.203. The van der Waals surface area contributed by atoms with Crippen LogP contribution in [0, 0.1) is 0 Å². The Bertz CT molecular complexity index is 2720. The highest BCUT2D eigenvalue weighted by Crippen LogP contribution is 2.44. The predicted molar refractivity (Wildman–Crippen MR) is 192 cm³/mol. The number of phenols is 1. The quantitative estimate of drug-likeness (QED) is 0.0217. The van der Waals surface area contributed by atoms with Gasteiger partial charge in [0.05, 0.1) is 27.5 Å². The molecule has 0 spiro atoms. The Hall–Kier alpha value is -6.35. The topological polar surface area (TPSA) is 283 Å². The maximum atomic E-state index is 12.5. The van der Waals surface area contributed by atoms with Crippen LogP contribution in [0.25, 0.3) is 21.5 Å². The Morgan fingerprint density at radius 1 is 0.717 bits per heavy atom. The third-order valence-electron chi connectivity index (χ3n) is 7.87. The number of nitrogens with one attached hydrogen (secondary N) is 1. The van der Waals surface area contributed by atoms with Crippen molar-refractivity contribution < 1.29 is 51.1 Å². The molecule has 6 rings (SSSR count). The smallest absolute Gasteiger partial charge is 0.335 e. The van der Waals surface area contributed by atoms with Gasteiger partial charge in [0, 0.05) is 38.8 Å². The van der Waals surface area contributed by atoms with E-state index in [1.807, 2.05) is 0 Å². The first-order valence-electron chi connectivity index (χ1n) is 15.0. The zero-order chi connectivity index (χ0) is 38.1. The fourth-order valence-corrected chi connectivity index (χ4v) is 6.43. The Morgan fingerprint density at radius 3 is 2.06 bits per heavy atom. The number of hydrogen-bond donors (Lipinski definition) is 7. The minimum absolute atomic E-state index is 0.0553. The third kappa shape index (κ3) is 7.94. The van der Waals surface area contributed by atoms with E-state index in [9.17, 15) is 35.8 Å². The molecule has 0 aliphatic carbocycles. The molecule has 8 N–H and O–H groups in total. The Balaban J connectivity index is 1.44. The minimum atomic E-state index is -4.99. The number of nitrogens with two attached hydrogens (primary N) is 1. The molecule has 0 fully saturated rings. The summed E-state index contributed by atoms with van der Waals surface area (Å²) in [6.07, 6.45) is 0. The lowest BCUT2D eigenvalue weighted by Gasteiger charge is -2.12. The van der Waals surface area contributed by atoms with Crippen molar-refractivity contribution in [2.24, 2.45) is 20.5 Å². The van der Waals surface area contributed by atoms with Crippen molar-refractivity contribution in [2.45, 2.75) is 16.4 Å². The van der Waals surface area contributed by atoms with E-state index >= 15 is 0 Å². The van der Waals surface area contributed by atoms with Crippen molar-refractivity contribution in [1.29, 1.82) is 0 Å². The van der Waals surface area contributed by atoms with Crippen LogP contribution >= 0.6 is 0 Å². The summed E-state index contributed by atoms with van der Waals surface area (Å²) >= 11 is 0. The molecule has 0 aromatic heterocycles. The normalized spacial score (nSPS) is 12.3. The monoisotopic (exact) mass is 758 g/mol. The molecule has 0 unspecified atom stereocenters. The summed E-state index contributed by atoms with van der Waals surface area (Å²) in [5.74, 6) is -1.78. The van der Waals surface area contributed by atoms with Crippen molar-refractivity contribution in [1.82, 2.24) is 0 Å². The van der Waals surface area contributed by atoms with Gasteiger partial charge in [0.15, 0.2) is 5.75 Å². The molecule has 6 aromatic carbocycles. The SMILES string of the molecule is Nc1ccc(N=Nc2ccc(N=Nc3c(S(=O)(=O)O)cc4ccc(Nc5ccc(C(=O)O)cc5)cc4c3O)c3cc(S(=O)(=O)O)ccc23)cc1COO. The minimum Gasteiger partial charge on any atom is -0.505 e. The van der Waals surface area contributed by atoms with Gasteiger partial charge in [-0.3, -0.25) is 14.4 Å². The Labute approximate surface area is 299 Å². The first-order chi connectivity index (χ1) is 25.1. The molecule has 270 valence electrons. The lowest BCUT2D eigenvalue weighted by molar-refractivity contribution is -0.252. The zero-order valence-corrected chi connectivity index (χ0v) is 28.4. The number of carboxylic acids is 1. The molecule has 0 saturated heterocycles. The van der Waals surface area contributed by atoms with Crippen LogP contribution < -0.4 is 11.1 Å². The van der Waals surface area contributed by atoms with Crippen LogP contribution in [0.2, 0.25) is 0 Å². The fraction of sp³-hybridized carbons (Fsp3) is 0.0294. The predicted octanol–water partition coefficient (Wildman–Crippen LogP) is 8.04. The summed E-state index contributed by atoms with van der Waals surface area (Å²) in [7, 11) is -9.69. The molecule has 0 radical (unpaired) electrons. The second kappa shape index (κ2) is 14.3. The van der Waals surface area contributed by atoms with Crippen molar-refractivity contribution in [3.8, 4) is 5.75 Å². The Morgan fingerprint density at radius 2 is 1.40 bits per heavy atom. The van der Waals surface area contributed by atoms with Crippen LogP contribution in [0.3, 0.4) is 0 Å². The van der Waals surface area contributed by atoms with E-state index < -0.39 is 47.4 Å². The summed E-state index contributed by atoms with van der Waals surface area (Å²) in [5, 5.41) is 49.5. The molecule has 0 amide bonds. The van der Waals surface area contributed by atoms with Crippen LogP contribution in [0.1, 0.15) is 15.9 Å². The van der Waals surface area contributed by atoms with E-state index in [0.717, 1.165) is 18.2 Å². The highest BCUT2D eigenvalue weighted by molar-refractivity contribution is 7.86. The maximum Gasteiger partial charge on any atom is 0.335 e. The van der Waals surface area contributed by atoms with Crippen molar-refractivity contribution >= 4 is 87.6 Å². The third-order valence-corrected chi connectivity index (χ3v) is 9.59. The van der Waals surface area contributed by atoms with E-state index in [2.05, 4.69) is 30.7 Å². The lowest BCUT2D eigenvalue weighted by atomic mass is 10.1. The number of nitrogens with zero attached hydrogens (tertiary/aromatic N) is 4. The summed E-state index contributed by atoms with van der Waals surface area (Å²) in [6, 6.07) is 22.4. The molecule has 17 nitrogen and oxygen atoms in total. The Kier molecular flexibility index (Phi) is 9.86. The number of hydrogen-bond acceptors (Lipinski definition) is 14. The highest BCUT2D eigenvalue weighted by Gasteiger charge is 2.23. The fourth-order valence-electron chi connectivity index (χ4n) is 5.27. The van der Waals surface area contributed by atoms with Crippen molar-refractivity contribution in [3.05, 3.63) is 108 Å². The van der Waals surface area contributed by atoms with E-state index in [-0.39, 0.29) is 45.1 Å². The molecule has 0 saturated carbocycles. The molecule has 0 aliphatic rings. The van der Waals surface area contributed by atoms with Crippen LogP contribution in [-0.2, 0) is 31.7 Å². The number of rotatable bonds is 11. The van der Waals surface area contributed by atoms with Crippen molar-refractivity contribution in [2.75, 3.05) is 11.1 Å². The van der Waals surface area contributed by atoms with Crippen LogP contribution in [0.4, 0.5) is 39.8 Å². The summed E-state index contributed by atoms with van der Waals surface area (Å²) in [5.41, 5.74) is 7.50.